The molecular formula is C14H23F3OSi3. The Labute approximate surface area is 127 Å². The maximum absolute atomic E-state index is 12.9. The van der Waals surface area contributed by atoms with Crippen LogP contribution in [0.3, 0.4) is 0 Å². The van der Waals surface area contributed by atoms with E-state index in [-0.39, 0.29) is 0 Å². The van der Waals surface area contributed by atoms with Gasteiger partial charge in [-0.05, 0) is 16.8 Å². The van der Waals surface area contributed by atoms with E-state index in [4.69, 9.17) is 4.43 Å². The van der Waals surface area contributed by atoms with E-state index in [1.807, 2.05) is 0 Å². The minimum absolute atomic E-state index is 0.361. The molecule has 118 valence electrons. The third-order valence-corrected chi connectivity index (χ3v) is 39.1. The lowest BCUT2D eigenvalue weighted by molar-refractivity contribution is -0.137. The molecule has 0 saturated carbocycles. The topological polar surface area (TPSA) is 9.23 Å². The Balaban J connectivity index is 2.65. The summed E-state index contributed by atoms with van der Waals surface area (Å²) in [7, 11) is -5.38. The van der Waals surface area contributed by atoms with Crippen LogP contribution in [0.25, 0.3) is 0 Å². The normalized spacial score (nSPS) is 18.7. The molecule has 0 bridgehead atoms. The van der Waals surface area contributed by atoms with Crippen molar-refractivity contribution in [3.05, 3.63) is 29.3 Å². The van der Waals surface area contributed by atoms with Crippen LogP contribution in [0.4, 0.5) is 13.2 Å². The van der Waals surface area contributed by atoms with E-state index in [9.17, 15) is 13.2 Å². The molecule has 1 heterocycles. The molecule has 0 saturated heterocycles. The van der Waals surface area contributed by atoms with Crippen molar-refractivity contribution in [2.24, 2.45) is 0 Å². The second-order valence-electron chi connectivity index (χ2n) is 7.84. The molecule has 0 spiro atoms. The van der Waals surface area contributed by atoms with Gasteiger partial charge >= 0.3 is 6.18 Å². The van der Waals surface area contributed by atoms with Gasteiger partial charge in [0.25, 0.3) is 0 Å². The molecule has 0 fully saturated rings. The highest BCUT2D eigenvalue weighted by atomic mass is 29.7. The fraction of sp³-hybridized carbons (Fsp3) is 0.571. The van der Waals surface area contributed by atoms with Crippen molar-refractivity contribution in [3.63, 3.8) is 0 Å². The number of hydrogen-bond acceptors (Lipinski definition) is 1. The summed E-state index contributed by atoms with van der Waals surface area (Å²) in [5, 5.41) is 1.15. The Bertz CT molecular complexity index is 542. The van der Waals surface area contributed by atoms with Gasteiger partial charge in [-0.1, -0.05) is 51.4 Å². The lowest BCUT2D eigenvalue weighted by Crippen LogP contribution is -2.78. The SMILES string of the molecule is C[Si](C)(C)[Si]1([Si](C)(C)C)OCc2cc(C(F)(F)F)ccc21. The maximum Gasteiger partial charge on any atom is 0.416 e. The monoisotopic (exact) mass is 348 g/mol. The van der Waals surface area contributed by atoms with Crippen LogP contribution in [0.15, 0.2) is 18.2 Å². The first-order valence-electron chi connectivity index (χ1n) is 7.15. The van der Waals surface area contributed by atoms with Crippen molar-refractivity contribution in [1.29, 1.82) is 0 Å². The number of rotatable bonds is 2. The molecule has 1 aromatic rings. The largest absolute Gasteiger partial charge is 0.416 e. The molecule has 0 amide bonds. The van der Waals surface area contributed by atoms with Gasteiger partial charge < -0.3 is 4.43 Å². The molecule has 0 aromatic heterocycles. The molecule has 1 aromatic carbocycles. The van der Waals surface area contributed by atoms with Crippen LogP contribution in [0.1, 0.15) is 11.1 Å². The highest BCUT2D eigenvalue weighted by molar-refractivity contribution is 7.70. The first-order valence-corrected chi connectivity index (χ1v) is 18.1. The molecule has 1 aliphatic heterocycles. The van der Waals surface area contributed by atoms with Gasteiger partial charge in [0, 0.05) is 0 Å². The molecule has 0 aliphatic carbocycles. The van der Waals surface area contributed by atoms with E-state index >= 15 is 0 Å². The van der Waals surface area contributed by atoms with Gasteiger partial charge in [-0.15, -0.1) is 0 Å². The second-order valence-corrected chi connectivity index (χ2v) is 33.8. The Morgan fingerprint density at radius 3 is 1.95 bits per heavy atom. The minimum Gasteiger partial charge on any atom is -0.413 e. The Morgan fingerprint density at radius 2 is 1.52 bits per heavy atom. The number of halogens is 3. The molecule has 0 N–H and O–H groups in total. The summed E-state index contributed by atoms with van der Waals surface area (Å²) in [5.41, 5.74) is 0.224. The van der Waals surface area contributed by atoms with E-state index < -0.39 is 34.3 Å². The van der Waals surface area contributed by atoms with Gasteiger partial charge in [0.15, 0.2) is 7.35 Å². The first-order chi connectivity index (χ1) is 9.31. The predicted molar refractivity (Wildman–Crippen MR) is 88.3 cm³/mol. The van der Waals surface area contributed by atoms with Crippen LogP contribution >= 0.6 is 0 Å². The van der Waals surface area contributed by atoms with Gasteiger partial charge in [-0.3, -0.25) is 0 Å². The first kappa shape index (κ1) is 17.0. The maximum atomic E-state index is 12.9. The van der Waals surface area contributed by atoms with Crippen LogP contribution < -0.4 is 5.19 Å². The number of fused-ring (bicyclic) bond motifs is 1. The van der Waals surface area contributed by atoms with Crippen molar-refractivity contribution in [1.82, 2.24) is 0 Å². The summed E-state index contributed by atoms with van der Waals surface area (Å²) in [6, 6.07) is 4.29. The molecule has 0 atom stereocenters. The van der Waals surface area contributed by atoms with Crippen molar-refractivity contribution < 1.29 is 17.6 Å². The highest BCUT2D eigenvalue weighted by Gasteiger charge is 2.61. The van der Waals surface area contributed by atoms with Crippen molar-refractivity contribution >= 4 is 27.7 Å². The second kappa shape index (κ2) is 4.81. The third kappa shape index (κ3) is 2.58. The smallest absolute Gasteiger partial charge is 0.413 e. The zero-order valence-corrected chi connectivity index (χ0v) is 16.5. The summed E-state index contributed by atoms with van der Waals surface area (Å²) < 4.78 is 45.1. The molecule has 1 aliphatic rings. The van der Waals surface area contributed by atoms with E-state index in [2.05, 4.69) is 39.3 Å². The number of benzene rings is 1. The molecular weight excluding hydrogens is 325 g/mol. The Morgan fingerprint density at radius 1 is 1.00 bits per heavy atom. The van der Waals surface area contributed by atoms with Crippen LogP contribution in [0.2, 0.25) is 39.3 Å². The Kier molecular flexibility index (Phi) is 3.89. The predicted octanol–water partition coefficient (Wildman–Crippen LogP) is 4.22. The summed E-state index contributed by atoms with van der Waals surface area (Å²) >= 11 is 0. The molecule has 21 heavy (non-hydrogen) atoms. The highest BCUT2D eigenvalue weighted by Crippen LogP contribution is 2.37. The fourth-order valence-electron chi connectivity index (χ4n) is 3.86. The molecule has 7 heteroatoms. The number of hydrogen-bond donors (Lipinski definition) is 0. The quantitative estimate of drug-likeness (QED) is 0.727. The van der Waals surface area contributed by atoms with Crippen LogP contribution in [-0.4, -0.2) is 22.5 Å². The van der Waals surface area contributed by atoms with E-state index in [1.54, 1.807) is 6.07 Å². The van der Waals surface area contributed by atoms with Gasteiger partial charge in [0.05, 0.1) is 27.4 Å². The standard InChI is InChI=1S/C14H23F3OSi3/c1-19(2,3)21(20(4,5)6)13-8-7-12(14(15,16)17)9-11(13)10-18-21/h7-9H,10H2,1-6H3. The Hall–Kier alpha value is -0.379. The number of alkyl halides is 3. The van der Waals surface area contributed by atoms with E-state index in [1.165, 1.54) is 12.1 Å². The van der Waals surface area contributed by atoms with Gasteiger partial charge in [-0.2, -0.15) is 13.2 Å². The van der Waals surface area contributed by atoms with E-state index in [0.717, 1.165) is 10.8 Å². The average molecular weight is 349 g/mol. The van der Waals surface area contributed by atoms with Crippen LogP contribution in [-0.2, 0) is 17.2 Å². The van der Waals surface area contributed by atoms with Crippen LogP contribution in [0, 0.1) is 0 Å². The molecule has 1 nitrogen and oxygen atoms in total. The minimum atomic E-state index is -4.28. The van der Waals surface area contributed by atoms with E-state index in [0.29, 0.717) is 6.61 Å². The van der Waals surface area contributed by atoms with Gasteiger partial charge in [-0.25, -0.2) is 0 Å². The molecule has 0 unspecified atom stereocenters. The lowest BCUT2D eigenvalue weighted by atomic mass is 10.1. The summed E-state index contributed by atoms with van der Waals surface area (Å²) in [4.78, 5) is 0. The van der Waals surface area contributed by atoms with Crippen molar-refractivity contribution in [2.45, 2.75) is 52.1 Å². The zero-order chi connectivity index (χ0) is 16.3. The molecule has 0 radical (unpaired) electrons. The van der Waals surface area contributed by atoms with Crippen molar-refractivity contribution in [2.75, 3.05) is 0 Å². The van der Waals surface area contributed by atoms with Gasteiger partial charge in [0.1, 0.15) is 0 Å². The summed E-state index contributed by atoms with van der Waals surface area (Å²) in [5.74, 6) is 0. The third-order valence-electron chi connectivity index (χ3n) is 4.37. The van der Waals surface area contributed by atoms with Crippen molar-refractivity contribution in [3.8, 4) is 0 Å². The summed E-state index contributed by atoms with van der Waals surface area (Å²) in [6.07, 6.45) is -4.28. The summed E-state index contributed by atoms with van der Waals surface area (Å²) in [6.45, 7) is 14.2. The van der Waals surface area contributed by atoms with Crippen LogP contribution in [0.5, 0.6) is 0 Å². The zero-order valence-electron chi connectivity index (χ0n) is 13.5. The van der Waals surface area contributed by atoms with Gasteiger partial charge in [0.2, 0.25) is 0 Å². The molecule has 2 rings (SSSR count). The average Bonchev–Trinajstić information content (AvgIpc) is 2.65. The fourth-order valence-corrected chi connectivity index (χ4v) is 46.4. The lowest BCUT2D eigenvalue weighted by Gasteiger charge is -2.46.